The Morgan fingerprint density at radius 1 is 0.571 bits per heavy atom. The minimum absolute atomic E-state index is 0. The molecule has 0 aromatic carbocycles. The third-order valence-electron chi connectivity index (χ3n) is 4.03. The van der Waals surface area contributed by atoms with Crippen molar-refractivity contribution in [3.8, 4) is 0 Å². The molecule has 0 N–H and O–H groups in total. The van der Waals surface area contributed by atoms with Gasteiger partial charge in [0.15, 0.2) is 0 Å². The summed E-state index contributed by atoms with van der Waals surface area (Å²) >= 11 is 0. The van der Waals surface area contributed by atoms with Crippen LogP contribution in [0.4, 0.5) is 0 Å². The van der Waals surface area contributed by atoms with Gasteiger partial charge in [-0.2, -0.15) is 24.3 Å². The van der Waals surface area contributed by atoms with Crippen molar-refractivity contribution < 1.29 is 34.1 Å². The molecule has 0 amide bonds. The minimum atomic E-state index is 0. The van der Waals surface area contributed by atoms with Crippen LogP contribution in [0.25, 0.3) is 0 Å². The van der Waals surface area contributed by atoms with E-state index in [0.717, 1.165) is 38.5 Å². The summed E-state index contributed by atoms with van der Waals surface area (Å²) in [5, 5.41) is 0. The first-order valence-corrected chi connectivity index (χ1v) is 9.66. The van der Waals surface area contributed by atoms with Gasteiger partial charge in [-0.25, -0.2) is 46.6 Å². The number of allylic oxidation sites excluding steroid dienone is 16. The van der Waals surface area contributed by atoms with Crippen molar-refractivity contribution in [1.29, 1.82) is 0 Å². The second-order valence-electron chi connectivity index (χ2n) is 6.26. The molecule has 0 saturated heterocycles. The van der Waals surface area contributed by atoms with Gasteiger partial charge in [0, 0.05) is 0 Å². The SMILES string of the molecule is CC1=[C-]CC=C1.CC1=[C-]CC=C1.CCC1=[C-]CC=C1.CCC1=[C-]CC=C1.[Fe+2].[Fe+2]. The Morgan fingerprint density at radius 2 is 0.893 bits per heavy atom. The summed E-state index contributed by atoms with van der Waals surface area (Å²) in [4.78, 5) is 0. The predicted molar refractivity (Wildman–Crippen MR) is 114 cm³/mol. The van der Waals surface area contributed by atoms with E-state index >= 15 is 0 Å². The topological polar surface area (TPSA) is 0 Å². The van der Waals surface area contributed by atoms with Crippen LogP contribution >= 0.6 is 0 Å². The summed E-state index contributed by atoms with van der Waals surface area (Å²) in [7, 11) is 0. The normalized spacial score (nSPS) is 16.7. The van der Waals surface area contributed by atoms with Gasteiger partial charge in [-0.15, -0.1) is 25.7 Å². The molecule has 28 heavy (non-hydrogen) atoms. The fourth-order valence-electron chi connectivity index (χ4n) is 2.42. The maximum atomic E-state index is 3.21. The largest absolute Gasteiger partial charge is 2.00 e. The molecule has 0 bridgehead atoms. The minimum Gasteiger partial charge on any atom is -0.270 e. The Kier molecular flexibility index (Phi) is 20.1. The van der Waals surface area contributed by atoms with Gasteiger partial charge in [0.05, 0.1) is 0 Å². The molecule has 4 rings (SSSR count). The van der Waals surface area contributed by atoms with Gasteiger partial charge in [0.1, 0.15) is 0 Å². The van der Waals surface area contributed by atoms with Crippen LogP contribution in [0.2, 0.25) is 0 Å². The van der Waals surface area contributed by atoms with Gasteiger partial charge in [-0.05, 0) is 0 Å². The third-order valence-corrected chi connectivity index (χ3v) is 4.03. The summed E-state index contributed by atoms with van der Waals surface area (Å²) in [6.45, 7) is 8.42. The van der Waals surface area contributed by atoms with Crippen molar-refractivity contribution in [2.75, 3.05) is 0 Å². The van der Waals surface area contributed by atoms with Crippen molar-refractivity contribution in [3.05, 3.63) is 95.2 Å². The van der Waals surface area contributed by atoms with Crippen LogP contribution in [-0.4, -0.2) is 0 Å². The molecule has 0 fully saturated rings. The van der Waals surface area contributed by atoms with E-state index in [1.807, 2.05) is 0 Å². The van der Waals surface area contributed by atoms with Crippen LogP contribution in [0.3, 0.4) is 0 Å². The molecule has 0 nitrogen and oxygen atoms in total. The Bertz CT molecular complexity index is 586. The number of hydrogen-bond donors (Lipinski definition) is 0. The van der Waals surface area contributed by atoms with Crippen molar-refractivity contribution in [3.63, 3.8) is 0 Å². The van der Waals surface area contributed by atoms with Crippen molar-refractivity contribution in [1.82, 2.24) is 0 Å². The van der Waals surface area contributed by atoms with Gasteiger partial charge >= 0.3 is 34.1 Å². The smallest absolute Gasteiger partial charge is 0.270 e. The molecule has 0 aromatic heterocycles. The predicted octanol–water partition coefficient (Wildman–Crippen LogP) is 7.56. The summed E-state index contributed by atoms with van der Waals surface area (Å²) in [5.41, 5.74) is 5.27. The van der Waals surface area contributed by atoms with E-state index in [1.165, 1.54) is 22.3 Å². The molecule has 152 valence electrons. The Labute approximate surface area is 195 Å². The summed E-state index contributed by atoms with van der Waals surface area (Å²) in [6.07, 6.45) is 36.0. The van der Waals surface area contributed by atoms with E-state index in [2.05, 4.69) is 101 Å². The molecular weight excluding hydrogens is 424 g/mol. The van der Waals surface area contributed by atoms with Crippen molar-refractivity contribution in [2.45, 2.75) is 66.2 Å². The molecule has 0 unspecified atom stereocenters. The van der Waals surface area contributed by atoms with Crippen molar-refractivity contribution >= 4 is 0 Å². The van der Waals surface area contributed by atoms with Crippen LogP contribution in [-0.2, 0) is 34.1 Å². The zero-order chi connectivity index (χ0) is 19.0. The van der Waals surface area contributed by atoms with E-state index in [9.17, 15) is 0 Å². The zero-order valence-corrected chi connectivity index (χ0v) is 19.8. The molecule has 0 saturated carbocycles. The van der Waals surface area contributed by atoms with Crippen LogP contribution in [0, 0.1) is 24.3 Å². The molecule has 0 spiro atoms. The molecule has 2 heteroatoms. The first kappa shape index (κ1) is 29.2. The average Bonchev–Trinajstić information content (AvgIpc) is 3.44. The van der Waals surface area contributed by atoms with Gasteiger partial charge in [-0.1, -0.05) is 40.5 Å². The van der Waals surface area contributed by atoms with Crippen LogP contribution in [0.15, 0.2) is 70.9 Å². The summed E-state index contributed by atoms with van der Waals surface area (Å²) in [5.74, 6) is 0. The fraction of sp³-hybridized carbons (Fsp3) is 0.385. The van der Waals surface area contributed by atoms with Gasteiger partial charge in [-0.3, -0.25) is 24.3 Å². The van der Waals surface area contributed by atoms with Gasteiger partial charge in [0.2, 0.25) is 0 Å². The monoisotopic (exact) mass is 456 g/mol. The summed E-state index contributed by atoms with van der Waals surface area (Å²) in [6, 6.07) is 0. The molecule has 0 aliphatic heterocycles. The first-order chi connectivity index (χ1) is 12.7. The van der Waals surface area contributed by atoms with Crippen LogP contribution in [0.1, 0.15) is 66.2 Å². The molecule has 0 aromatic rings. The maximum absolute atomic E-state index is 3.21. The standard InChI is InChI=1S/2C7H9.2C6H7.2Fe/c2*1-2-7-5-3-4-6-7;2*1-6-4-2-3-5-6;;/h2*3,5H,2,4H2,1H3;2*2,4H,3H2,1H3;;/q4*-1;2*+2. The van der Waals surface area contributed by atoms with E-state index in [0.29, 0.717) is 0 Å². The number of rotatable bonds is 2. The van der Waals surface area contributed by atoms with E-state index in [1.54, 1.807) is 0 Å². The van der Waals surface area contributed by atoms with E-state index in [-0.39, 0.29) is 34.1 Å². The maximum Gasteiger partial charge on any atom is 2.00 e. The van der Waals surface area contributed by atoms with Gasteiger partial charge in [0.25, 0.3) is 0 Å². The molecule has 4 aliphatic rings. The average molecular weight is 456 g/mol. The molecule has 0 atom stereocenters. The van der Waals surface area contributed by atoms with E-state index < -0.39 is 0 Å². The number of hydrogen-bond acceptors (Lipinski definition) is 0. The van der Waals surface area contributed by atoms with Gasteiger partial charge < -0.3 is 0 Å². The Hall–Kier alpha value is -1.04. The molecular formula is C26H32Fe2. The fourth-order valence-corrected chi connectivity index (χ4v) is 2.42. The molecule has 4 aliphatic carbocycles. The third kappa shape index (κ3) is 14.9. The molecule has 0 radical (unpaired) electrons. The quantitative estimate of drug-likeness (QED) is 0.297. The van der Waals surface area contributed by atoms with Crippen molar-refractivity contribution in [2.24, 2.45) is 0 Å². The second kappa shape index (κ2) is 19.3. The Morgan fingerprint density at radius 3 is 1.00 bits per heavy atom. The summed E-state index contributed by atoms with van der Waals surface area (Å²) < 4.78 is 0. The van der Waals surface area contributed by atoms with E-state index in [4.69, 9.17) is 0 Å². The van der Waals surface area contributed by atoms with Crippen LogP contribution < -0.4 is 0 Å². The van der Waals surface area contributed by atoms with Crippen LogP contribution in [0.5, 0.6) is 0 Å². The first-order valence-electron chi connectivity index (χ1n) is 9.66. The Balaban J connectivity index is 0. The molecule has 0 heterocycles. The zero-order valence-electron chi connectivity index (χ0n) is 17.6. The second-order valence-corrected chi connectivity index (χ2v) is 6.26.